The number of benzene rings is 3. The first-order valence-electron chi connectivity index (χ1n) is 13.2. The van der Waals surface area contributed by atoms with E-state index in [1.807, 2.05) is 30.3 Å². The van der Waals surface area contributed by atoms with Gasteiger partial charge in [0.05, 0.1) is 42.7 Å². The van der Waals surface area contributed by atoms with Gasteiger partial charge in [0.1, 0.15) is 12.4 Å². The van der Waals surface area contributed by atoms with Crippen LogP contribution in [0.2, 0.25) is 5.02 Å². The van der Waals surface area contributed by atoms with Gasteiger partial charge in [-0.25, -0.2) is 9.79 Å². The van der Waals surface area contributed by atoms with Crippen LogP contribution in [0.4, 0.5) is 0 Å². The zero-order valence-corrected chi connectivity index (χ0v) is 25.1. The molecule has 42 heavy (non-hydrogen) atoms. The maximum Gasteiger partial charge on any atom is 0.338 e. The molecule has 0 radical (unpaired) electrons. The highest BCUT2D eigenvalue weighted by Crippen LogP contribution is 2.36. The van der Waals surface area contributed by atoms with Crippen LogP contribution in [-0.4, -0.2) is 31.4 Å². The predicted molar refractivity (Wildman–Crippen MR) is 162 cm³/mol. The van der Waals surface area contributed by atoms with Gasteiger partial charge >= 0.3 is 5.97 Å². The molecule has 1 aliphatic heterocycles. The van der Waals surface area contributed by atoms with Gasteiger partial charge in [0.15, 0.2) is 16.3 Å². The summed E-state index contributed by atoms with van der Waals surface area (Å²) in [7, 11) is 3.07. The van der Waals surface area contributed by atoms with Gasteiger partial charge < -0.3 is 18.9 Å². The smallest absolute Gasteiger partial charge is 0.338 e. The number of halogens is 1. The van der Waals surface area contributed by atoms with Crippen LogP contribution in [0.3, 0.4) is 0 Å². The highest BCUT2D eigenvalue weighted by Gasteiger charge is 2.34. The molecule has 0 amide bonds. The first kappa shape index (κ1) is 29.2. The second-order valence-electron chi connectivity index (χ2n) is 9.37. The Morgan fingerprint density at radius 3 is 2.48 bits per heavy atom. The molecule has 0 fully saturated rings. The molecule has 3 aromatic carbocycles. The Morgan fingerprint density at radius 1 is 1.02 bits per heavy atom. The Labute approximate surface area is 251 Å². The van der Waals surface area contributed by atoms with Crippen LogP contribution in [0.5, 0.6) is 17.2 Å². The molecule has 10 heteroatoms. The van der Waals surface area contributed by atoms with Crippen LogP contribution in [-0.2, 0) is 16.1 Å². The molecule has 1 atom stereocenters. The lowest BCUT2D eigenvalue weighted by Crippen LogP contribution is -2.40. The van der Waals surface area contributed by atoms with Gasteiger partial charge in [-0.15, -0.1) is 0 Å². The zero-order chi connectivity index (χ0) is 29.8. The minimum absolute atomic E-state index is 0.180. The van der Waals surface area contributed by atoms with E-state index in [4.69, 9.17) is 30.5 Å². The number of ether oxygens (including phenoxy) is 4. The Bertz CT molecular complexity index is 1840. The normalized spacial score (nSPS) is 14.7. The van der Waals surface area contributed by atoms with Gasteiger partial charge in [0.2, 0.25) is 0 Å². The van der Waals surface area contributed by atoms with Gasteiger partial charge in [-0.3, -0.25) is 9.36 Å². The molecule has 0 N–H and O–H groups in total. The summed E-state index contributed by atoms with van der Waals surface area (Å²) in [4.78, 5) is 32.4. The van der Waals surface area contributed by atoms with Crippen molar-refractivity contribution >= 4 is 35.0 Å². The highest BCUT2D eigenvalue weighted by atomic mass is 35.5. The summed E-state index contributed by atoms with van der Waals surface area (Å²) < 4.78 is 24.4. The molecule has 0 spiro atoms. The number of carbonyl (C=O) groups is 1. The Morgan fingerprint density at radius 2 is 1.76 bits per heavy atom. The van der Waals surface area contributed by atoms with E-state index in [9.17, 15) is 9.59 Å². The number of fused-ring (bicyclic) bond motifs is 1. The largest absolute Gasteiger partial charge is 0.493 e. The van der Waals surface area contributed by atoms with Crippen LogP contribution in [0.15, 0.2) is 87.8 Å². The topological polar surface area (TPSA) is 88.4 Å². The summed E-state index contributed by atoms with van der Waals surface area (Å²) in [5.74, 6) is 1.03. The molecule has 0 aliphatic carbocycles. The predicted octanol–water partition coefficient (Wildman–Crippen LogP) is 5.05. The van der Waals surface area contributed by atoms with Gasteiger partial charge in [-0.05, 0) is 61.4 Å². The number of allylic oxidation sites excluding steroid dienone is 1. The third-order valence-electron chi connectivity index (χ3n) is 6.74. The van der Waals surface area contributed by atoms with Crippen molar-refractivity contribution in [3.63, 3.8) is 0 Å². The third-order valence-corrected chi connectivity index (χ3v) is 7.95. The Hall–Kier alpha value is -4.34. The second kappa shape index (κ2) is 12.7. The fourth-order valence-corrected chi connectivity index (χ4v) is 5.99. The molecule has 1 aliphatic rings. The average Bonchev–Trinajstić information content (AvgIpc) is 3.30. The van der Waals surface area contributed by atoms with E-state index in [1.54, 1.807) is 63.4 Å². The summed E-state index contributed by atoms with van der Waals surface area (Å²) >= 11 is 7.57. The maximum atomic E-state index is 14.1. The van der Waals surface area contributed by atoms with E-state index >= 15 is 0 Å². The maximum absolute atomic E-state index is 14.1. The van der Waals surface area contributed by atoms with Crippen molar-refractivity contribution in [1.82, 2.24) is 4.57 Å². The molecule has 0 saturated heterocycles. The van der Waals surface area contributed by atoms with E-state index < -0.39 is 12.0 Å². The van der Waals surface area contributed by atoms with Crippen LogP contribution in [0.25, 0.3) is 6.08 Å². The molecule has 216 valence electrons. The molecule has 2 heterocycles. The van der Waals surface area contributed by atoms with Crippen molar-refractivity contribution < 1.29 is 23.7 Å². The lowest BCUT2D eigenvalue weighted by atomic mass is 9.95. The number of aromatic nitrogens is 1. The number of thiazole rings is 1. The molecule has 1 unspecified atom stereocenters. The number of nitrogens with zero attached hydrogens (tertiary/aromatic N) is 2. The number of methoxy groups -OCH3 is 2. The van der Waals surface area contributed by atoms with Crippen molar-refractivity contribution in [1.29, 1.82) is 0 Å². The van der Waals surface area contributed by atoms with Crippen LogP contribution in [0, 0.1) is 0 Å². The standard InChI is InChI=1S/C32H29ClN2O6S/c1-5-40-31(37)28-19(2)34-32-35(29(28)21-11-13-25(38-3)26(16-21)39-4)30(36)27(42-32)17-22-15-23(33)12-14-24(22)41-18-20-9-7-6-8-10-20/h6-17,29H,5,18H2,1-4H3/b27-17+. The summed E-state index contributed by atoms with van der Waals surface area (Å²) in [6.07, 6.45) is 1.74. The molecule has 0 bridgehead atoms. The summed E-state index contributed by atoms with van der Waals surface area (Å²) in [5.41, 5.74) is 2.73. The molecule has 8 nitrogen and oxygen atoms in total. The van der Waals surface area contributed by atoms with Crippen LogP contribution in [0.1, 0.15) is 36.6 Å². The van der Waals surface area contributed by atoms with E-state index in [0.29, 0.717) is 55.0 Å². The average molecular weight is 605 g/mol. The van der Waals surface area contributed by atoms with E-state index in [1.165, 1.54) is 23.0 Å². The SMILES string of the molecule is CCOC(=O)C1=C(C)N=c2s/c(=C/c3cc(Cl)ccc3OCc3ccccc3)c(=O)n2C1c1ccc(OC)c(OC)c1. The van der Waals surface area contributed by atoms with E-state index in [-0.39, 0.29) is 17.7 Å². The van der Waals surface area contributed by atoms with Gasteiger partial charge in [-0.1, -0.05) is 59.3 Å². The number of esters is 1. The number of hydrogen-bond acceptors (Lipinski definition) is 8. The number of rotatable bonds is 9. The molecular formula is C32H29ClN2O6S. The molecular weight excluding hydrogens is 576 g/mol. The summed E-state index contributed by atoms with van der Waals surface area (Å²) in [5, 5.41) is 0.504. The Balaban J connectivity index is 1.65. The van der Waals surface area contributed by atoms with Gasteiger partial charge in [0, 0.05) is 10.6 Å². The van der Waals surface area contributed by atoms with E-state index in [2.05, 4.69) is 4.99 Å². The van der Waals surface area contributed by atoms with Gasteiger partial charge in [0.25, 0.3) is 5.56 Å². The lowest BCUT2D eigenvalue weighted by molar-refractivity contribution is -0.139. The zero-order valence-electron chi connectivity index (χ0n) is 23.5. The fourth-order valence-electron chi connectivity index (χ4n) is 4.77. The first-order valence-corrected chi connectivity index (χ1v) is 14.4. The van der Waals surface area contributed by atoms with Gasteiger partial charge in [-0.2, -0.15) is 0 Å². The minimum atomic E-state index is -0.796. The Kier molecular flexibility index (Phi) is 8.80. The molecule has 4 aromatic rings. The molecule has 0 saturated carbocycles. The minimum Gasteiger partial charge on any atom is -0.493 e. The van der Waals surface area contributed by atoms with Crippen molar-refractivity contribution in [2.45, 2.75) is 26.5 Å². The van der Waals surface area contributed by atoms with Crippen molar-refractivity contribution in [2.75, 3.05) is 20.8 Å². The molecule has 1 aromatic heterocycles. The van der Waals surface area contributed by atoms with Crippen molar-refractivity contribution in [3.05, 3.63) is 119 Å². The number of hydrogen-bond donors (Lipinski definition) is 0. The third kappa shape index (κ3) is 5.84. The number of carbonyl (C=O) groups excluding carboxylic acids is 1. The fraction of sp³-hybridized carbons (Fsp3) is 0.219. The summed E-state index contributed by atoms with van der Waals surface area (Å²) in [6.45, 7) is 4.01. The lowest BCUT2D eigenvalue weighted by Gasteiger charge is -2.25. The quantitative estimate of drug-likeness (QED) is 0.249. The highest BCUT2D eigenvalue weighted by molar-refractivity contribution is 7.07. The van der Waals surface area contributed by atoms with Crippen molar-refractivity contribution in [2.24, 2.45) is 4.99 Å². The molecule has 5 rings (SSSR count). The summed E-state index contributed by atoms with van der Waals surface area (Å²) in [6, 6.07) is 19.6. The monoisotopic (exact) mass is 604 g/mol. The second-order valence-corrected chi connectivity index (χ2v) is 10.8. The van der Waals surface area contributed by atoms with E-state index in [0.717, 1.165) is 5.56 Å². The van der Waals surface area contributed by atoms with Crippen LogP contribution < -0.4 is 29.1 Å². The first-order chi connectivity index (χ1) is 20.3. The van der Waals surface area contributed by atoms with Crippen molar-refractivity contribution in [3.8, 4) is 17.2 Å². The van der Waals surface area contributed by atoms with Crippen LogP contribution >= 0.6 is 22.9 Å².